The lowest BCUT2D eigenvalue weighted by Crippen LogP contribution is -2.23. The summed E-state index contributed by atoms with van der Waals surface area (Å²) in [6.45, 7) is 7.67. The normalized spacial score (nSPS) is 15.6. The quantitative estimate of drug-likeness (QED) is 0.620. The van der Waals surface area contributed by atoms with Crippen molar-refractivity contribution in [2.75, 3.05) is 6.54 Å². The van der Waals surface area contributed by atoms with Gasteiger partial charge in [0.25, 0.3) is 0 Å². The van der Waals surface area contributed by atoms with Crippen LogP contribution in [0.4, 0.5) is 0 Å². The highest BCUT2D eigenvalue weighted by molar-refractivity contribution is 4.66. The second kappa shape index (κ2) is 9.17. The second-order valence-corrected chi connectivity index (χ2v) is 5.36. The Kier molecular flexibility index (Phi) is 9.12. The fourth-order valence-corrected chi connectivity index (χ4v) is 2.01. The number of rotatable bonds is 9. The van der Waals surface area contributed by atoms with E-state index in [-0.39, 0.29) is 0 Å². The van der Waals surface area contributed by atoms with E-state index >= 15 is 0 Å². The summed E-state index contributed by atoms with van der Waals surface area (Å²) < 4.78 is 0. The third kappa shape index (κ3) is 10.2. The first-order valence-electron chi connectivity index (χ1n) is 6.51. The molecule has 0 aliphatic rings. The van der Waals surface area contributed by atoms with Crippen LogP contribution in [-0.2, 0) is 0 Å². The maximum atomic E-state index is 6.04. The summed E-state index contributed by atoms with van der Waals surface area (Å²) in [5.74, 6) is 1.61. The molecular weight excluding hydrogens is 184 g/mol. The molecule has 0 aromatic rings. The first-order valence-corrected chi connectivity index (χ1v) is 6.51. The number of nitrogens with two attached hydrogens (primary N) is 2. The zero-order valence-electron chi connectivity index (χ0n) is 10.8. The van der Waals surface area contributed by atoms with Crippen LogP contribution in [0.3, 0.4) is 0 Å². The highest BCUT2D eigenvalue weighted by atomic mass is 14.6. The highest BCUT2D eigenvalue weighted by Crippen LogP contribution is 2.17. The summed E-state index contributed by atoms with van der Waals surface area (Å²) >= 11 is 0. The summed E-state index contributed by atoms with van der Waals surface area (Å²) in [7, 11) is 0. The van der Waals surface area contributed by atoms with E-state index in [0.29, 0.717) is 6.04 Å². The van der Waals surface area contributed by atoms with Gasteiger partial charge in [0.05, 0.1) is 0 Å². The summed E-state index contributed by atoms with van der Waals surface area (Å²) in [6.07, 6.45) is 7.35. The second-order valence-electron chi connectivity index (χ2n) is 5.36. The van der Waals surface area contributed by atoms with E-state index in [4.69, 9.17) is 11.5 Å². The first-order chi connectivity index (χ1) is 7.06. The highest BCUT2D eigenvalue weighted by Gasteiger charge is 2.08. The summed E-state index contributed by atoms with van der Waals surface area (Å²) in [4.78, 5) is 0. The molecule has 0 aliphatic carbocycles. The molecule has 0 saturated heterocycles. The molecule has 2 nitrogen and oxygen atoms in total. The topological polar surface area (TPSA) is 52.0 Å². The Morgan fingerprint density at radius 1 is 0.933 bits per heavy atom. The molecular formula is C13H30N2. The third-order valence-electron chi connectivity index (χ3n) is 2.96. The van der Waals surface area contributed by atoms with Crippen molar-refractivity contribution in [1.29, 1.82) is 0 Å². The lowest BCUT2D eigenvalue weighted by Gasteiger charge is -2.17. The van der Waals surface area contributed by atoms with Crippen molar-refractivity contribution in [3.63, 3.8) is 0 Å². The van der Waals surface area contributed by atoms with Crippen LogP contribution in [0, 0.1) is 11.8 Å². The molecule has 0 amide bonds. The Morgan fingerprint density at radius 2 is 1.60 bits per heavy atom. The first kappa shape index (κ1) is 14.9. The minimum absolute atomic E-state index is 0.364. The van der Waals surface area contributed by atoms with Gasteiger partial charge in [0.2, 0.25) is 0 Å². The van der Waals surface area contributed by atoms with Gasteiger partial charge < -0.3 is 11.5 Å². The molecule has 0 aromatic carbocycles. The largest absolute Gasteiger partial charge is 0.330 e. The van der Waals surface area contributed by atoms with E-state index in [2.05, 4.69) is 20.8 Å². The molecule has 0 rings (SSSR count). The van der Waals surface area contributed by atoms with E-state index < -0.39 is 0 Å². The SMILES string of the molecule is CC(C)CCCC(C)CC(N)CCCN. The third-order valence-corrected chi connectivity index (χ3v) is 2.96. The van der Waals surface area contributed by atoms with Crippen molar-refractivity contribution in [2.45, 2.75) is 65.3 Å². The number of hydrogen-bond acceptors (Lipinski definition) is 2. The average molecular weight is 214 g/mol. The molecule has 0 saturated carbocycles. The monoisotopic (exact) mass is 214 g/mol. The predicted octanol–water partition coefficient (Wildman–Crippen LogP) is 2.91. The lowest BCUT2D eigenvalue weighted by atomic mass is 9.93. The zero-order valence-corrected chi connectivity index (χ0v) is 10.8. The van der Waals surface area contributed by atoms with Crippen molar-refractivity contribution < 1.29 is 0 Å². The maximum Gasteiger partial charge on any atom is 0.00418 e. The van der Waals surface area contributed by atoms with Gasteiger partial charge in [0.1, 0.15) is 0 Å². The molecule has 0 spiro atoms. The molecule has 15 heavy (non-hydrogen) atoms. The van der Waals surface area contributed by atoms with Crippen molar-refractivity contribution in [3.8, 4) is 0 Å². The van der Waals surface area contributed by atoms with Gasteiger partial charge in [0, 0.05) is 6.04 Å². The van der Waals surface area contributed by atoms with Crippen molar-refractivity contribution in [1.82, 2.24) is 0 Å². The standard InChI is InChI=1S/C13H30N2/c1-11(2)6-4-7-12(3)10-13(15)8-5-9-14/h11-13H,4-10,14-15H2,1-3H3. The van der Waals surface area contributed by atoms with Crippen molar-refractivity contribution in [3.05, 3.63) is 0 Å². The van der Waals surface area contributed by atoms with Gasteiger partial charge in [-0.05, 0) is 37.6 Å². The van der Waals surface area contributed by atoms with Crippen LogP contribution in [0.5, 0.6) is 0 Å². The van der Waals surface area contributed by atoms with E-state index in [9.17, 15) is 0 Å². The van der Waals surface area contributed by atoms with E-state index in [1.807, 2.05) is 0 Å². The van der Waals surface area contributed by atoms with Gasteiger partial charge in [-0.1, -0.05) is 40.0 Å². The molecule has 0 aromatic heterocycles. The molecule has 0 fully saturated rings. The van der Waals surface area contributed by atoms with Crippen LogP contribution in [0.15, 0.2) is 0 Å². The van der Waals surface area contributed by atoms with Gasteiger partial charge in [-0.15, -0.1) is 0 Å². The minimum Gasteiger partial charge on any atom is -0.330 e. The minimum atomic E-state index is 0.364. The van der Waals surface area contributed by atoms with E-state index in [1.54, 1.807) is 0 Å². The predicted molar refractivity (Wildman–Crippen MR) is 68.7 cm³/mol. The Hall–Kier alpha value is -0.0800. The summed E-state index contributed by atoms with van der Waals surface area (Å²) in [5, 5.41) is 0. The maximum absolute atomic E-state index is 6.04. The Bertz CT molecular complexity index is 134. The summed E-state index contributed by atoms with van der Waals surface area (Å²) in [6, 6.07) is 0.364. The van der Waals surface area contributed by atoms with Crippen molar-refractivity contribution in [2.24, 2.45) is 23.3 Å². The molecule has 0 radical (unpaired) electrons. The van der Waals surface area contributed by atoms with Gasteiger partial charge in [-0.2, -0.15) is 0 Å². The Balaban J connectivity index is 3.42. The molecule has 2 unspecified atom stereocenters. The van der Waals surface area contributed by atoms with Crippen LogP contribution < -0.4 is 11.5 Å². The molecule has 0 heterocycles. The van der Waals surface area contributed by atoms with Crippen molar-refractivity contribution >= 4 is 0 Å². The molecule has 2 atom stereocenters. The van der Waals surface area contributed by atoms with Gasteiger partial charge >= 0.3 is 0 Å². The van der Waals surface area contributed by atoms with Gasteiger partial charge in [0.15, 0.2) is 0 Å². The van der Waals surface area contributed by atoms with Crippen LogP contribution >= 0.6 is 0 Å². The van der Waals surface area contributed by atoms with Gasteiger partial charge in [-0.3, -0.25) is 0 Å². The van der Waals surface area contributed by atoms with Crippen LogP contribution in [0.2, 0.25) is 0 Å². The Labute approximate surface area is 95.8 Å². The summed E-state index contributed by atoms with van der Waals surface area (Å²) in [5.41, 5.74) is 11.5. The molecule has 4 N–H and O–H groups in total. The van der Waals surface area contributed by atoms with E-state index in [0.717, 1.165) is 37.6 Å². The van der Waals surface area contributed by atoms with Crippen LogP contribution in [0.25, 0.3) is 0 Å². The number of hydrogen-bond donors (Lipinski definition) is 2. The Morgan fingerprint density at radius 3 is 2.13 bits per heavy atom. The molecule has 2 heteroatoms. The van der Waals surface area contributed by atoms with E-state index in [1.165, 1.54) is 19.3 Å². The van der Waals surface area contributed by atoms with Crippen LogP contribution in [0.1, 0.15) is 59.3 Å². The molecule has 92 valence electrons. The fourth-order valence-electron chi connectivity index (χ4n) is 2.01. The van der Waals surface area contributed by atoms with Gasteiger partial charge in [-0.25, -0.2) is 0 Å². The smallest absolute Gasteiger partial charge is 0.00418 e. The fraction of sp³-hybridized carbons (Fsp3) is 1.00. The zero-order chi connectivity index (χ0) is 11.7. The molecule has 0 bridgehead atoms. The van der Waals surface area contributed by atoms with Crippen LogP contribution in [-0.4, -0.2) is 12.6 Å². The lowest BCUT2D eigenvalue weighted by molar-refractivity contribution is 0.392. The average Bonchev–Trinajstić information content (AvgIpc) is 2.14. The molecule has 0 aliphatic heterocycles.